The second-order valence-corrected chi connectivity index (χ2v) is 4.39. The lowest BCUT2D eigenvalue weighted by Crippen LogP contribution is -2.40. The number of methoxy groups -OCH3 is 2. The van der Waals surface area contributed by atoms with Crippen molar-refractivity contribution in [3.05, 3.63) is 23.2 Å². The molecule has 2 unspecified atom stereocenters. The fourth-order valence-electron chi connectivity index (χ4n) is 2.15. The van der Waals surface area contributed by atoms with E-state index in [1.54, 1.807) is 14.2 Å². The van der Waals surface area contributed by atoms with Gasteiger partial charge < -0.3 is 19.2 Å². The molecule has 0 radical (unpaired) electrons. The molecule has 0 amide bonds. The van der Waals surface area contributed by atoms with Gasteiger partial charge in [0.2, 0.25) is 0 Å². The van der Waals surface area contributed by atoms with E-state index < -0.39 is 0 Å². The van der Waals surface area contributed by atoms with Gasteiger partial charge >= 0.3 is 0 Å². The minimum absolute atomic E-state index is 0.106. The Balaban J connectivity index is 2.65. The molecule has 0 spiro atoms. The van der Waals surface area contributed by atoms with Crippen LogP contribution in [0.2, 0.25) is 0 Å². The van der Waals surface area contributed by atoms with Crippen LogP contribution in [0, 0.1) is 13.8 Å². The lowest BCUT2D eigenvalue weighted by molar-refractivity contribution is -0.120. The second-order valence-electron chi connectivity index (χ2n) is 4.39. The molecular weight excluding hydrogens is 218 g/mol. The fraction of sp³-hybridized carbons (Fsp3) is 0.692. The van der Waals surface area contributed by atoms with E-state index in [1.807, 2.05) is 20.8 Å². The van der Waals surface area contributed by atoms with E-state index >= 15 is 0 Å². The fourth-order valence-corrected chi connectivity index (χ4v) is 2.15. The molecule has 1 rings (SSSR count). The van der Waals surface area contributed by atoms with Crippen LogP contribution < -0.4 is 5.32 Å². The number of aryl methyl sites for hydroxylation is 2. The third-order valence-corrected chi connectivity index (χ3v) is 2.93. The van der Waals surface area contributed by atoms with Crippen LogP contribution >= 0.6 is 0 Å². The van der Waals surface area contributed by atoms with E-state index in [0.717, 1.165) is 11.5 Å². The largest absolute Gasteiger partial charge is 0.466 e. The van der Waals surface area contributed by atoms with Crippen molar-refractivity contribution in [2.45, 2.75) is 46.1 Å². The summed E-state index contributed by atoms with van der Waals surface area (Å²) >= 11 is 0. The molecule has 2 atom stereocenters. The van der Waals surface area contributed by atoms with Gasteiger partial charge in [-0.3, -0.25) is 0 Å². The van der Waals surface area contributed by atoms with Crippen molar-refractivity contribution in [1.82, 2.24) is 5.32 Å². The highest BCUT2D eigenvalue weighted by Gasteiger charge is 2.20. The van der Waals surface area contributed by atoms with Crippen molar-refractivity contribution in [2.24, 2.45) is 0 Å². The summed E-state index contributed by atoms with van der Waals surface area (Å²) < 4.78 is 16.0. The highest BCUT2D eigenvalue weighted by molar-refractivity contribution is 5.23. The summed E-state index contributed by atoms with van der Waals surface area (Å²) in [6.45, 7) is 8.08. The number of hydrogen-bond donors (Lipinski definition) is 1. The van der Waals surface area contributed by atoms with Gasteiger partial charge in [0.1, 0.15) is 11.5 Å². The Morgan fingerprint density at radius 2 is 1.76 bits per heavy atom. The Kier molecular flexibility index (Phi) is 5.18. The summed E-state index contributed by atoms with van der Waals surface area (Å²) in [5.41, 5.74) is 1.18. The van der Waals surface area contributed by atoms with Crippen molar-refractivity contribution < 1.29 is 13.9 Å². The van der Waals surface area contributed by atoms with E-state index in [4.69, 9.17) is 13.9 Å². The van der Waals surface area contributed by atoms with Gasteiger partial charge in [-0.1, -0.05) is 0 Å². The van der Waals surface area contributed by atoms with E-state index in [9.17, 15) is 0 Å². The first kappa shape index (κ1) is 14.2. The maximum Gasteiger partial charge on any atom is 0.171 e. The van der Waals surface area contributed by atoms with Crippen LogP contribution in [0.5, 0.6) is 0 Å². The standard InChI is InChI=1S/C13H23NO3/c1-8-7-12(11(4)17-8)9(2)14-10(3)13(15-5)16-6/h7,9-10,13-14H,1-6H3. The summed E-state index contributed by atoms with van der Waals surface area (Å²) in [4.78, 5) is 0. The number of hydrogen-bond acceptors (Lipinski definition) is 4. The average molecular weight is 241 g/mol. The molecule has 0 aliphatic rings. The molecule has 17 heavy (non-hydrogen) atoms. The van der Waals surface area contributed by atoms with E-state index in [2.05, 4.69) is 18.3 Å². The van der Waals surface area contributed by atoms with Crippen LogP contribution in [0.3, 0.4) is 0 Å². The number of nitrogens with one attached hydrogen (secondary N) is 1. The summed E-state index contributed by atoms with van der Waals surface area (Å²) in [7, 11) is 3.29. The molecule has 1 N–H and O–H groups in total. The van der Waals surface area contributed by atoms with Crippen molar-refractivity contribution in [3.63, 3.8) is 0 Å². The zero-order valence-electron chi connectivity index (χ0n) is 11.5. The Morgan fingerprint density at radius 3 is 2.18 bits per heavy atom. The van der Waals surface area contributed by atoms with Gasteiger partial charge in [-0.2, -0.15) is 0 Å². The third kappa shape index (κ3) is 3.56. The molecule has 0 fully saturated rings. The van der Waals surface area contributed by atoms with Crippen molar-refractivity contribution >= 4 is 0 Å². The topological polar surface area (TPSA) is 43.6 Å². The first-order chi connectivity index (χ1) is 7.99. The van der Waals surface area contributed by atoms with E-state index in [1.165, 1.54) is 5.56 Å². The minimum Gasteiger partial charge on any atom is -0.466 e. The van der Waals surface area contributed by atoms with Crippen LogP contribution in [0.1, 0.15) is 37.0 Å². The summed E-state index contributed by atoms with van der Waals surface area (Å²) in [5.74, 6) is 1.90. The molecule has 0 saturated carbocycles. The monoisotopic (exact) mass is 241 g/mol. The Labute approximate surface area is 103 Å². The number of ether oxygens (including phenoxy) is 2. The van der Waals surface area contributed by atoms with Gasteiger partial charge in [0.05, 0.1) is 6.04 Å². The molecule has 0 aliphatic carbocycles. The molecular formula is C13H23NO3. The van der Waals surface area contributed by atoms with Crippen LogP contribution in [0.15, 0.2) is 10.5 Å². The third-order valence-electron chi connectivity index (χ3n) is 2.93. The van der Waals surface area contributed by atoms with Crippen LogP contribution in [0.4, 0.5) is 0 Å². The van der Waals surface area contributed by atoms with Crippen molar-refractivity contribution in [3.8, 4) is 0 Å². The maximum absolute atomic E-state index is 5.53. The highest BCUT2D eigenvalue weighted by atomic mass is 16.7. The molecule has 0 aliphatic heterocycles. The van der Waals surface area contributed by atoms with E-state index in [0.29, 0.717) is 0 Å². The van der Waals surface area contributed by atoms with Gasteiger partial charge in [-0.05, 0) is 33.8 Å². The Morgan fingerprint density at radius 1 is 1.18 bits per heavy atom. The van der Waals surface area contributed by atoms with Gasteiger partial charge in [0.15, 0.2) is 6.29 Å². The number of furan rings is 1. The average Bonchev–Trinajstić information content (AvgIpc) is 2.59. The second kappa shape index (κ2) is 6.19. The highest BCUT2D eigenvalue weighted by Crippen LogP contribution is 2.22. The van der Waals surface area contributed by atoms with Crippen LogP contribution in [-0.4, -0.2) is 26.6 Å². The molecule has 1 heterocycles. The van der Waals surface area contributed by atoms with Gasteiger partial charge in [0, 0.05) is 25.8 Å². The Bertz CT molecular complexity index is 344. The van der Waals surface area contributed by atoms with Crippen LogP contribution in [0.25, 0.3) is 0 Å². The van der Waals surface area contributed by atoms with Crippen molar-refractivity contribution in [2.75, 3.05) is 14.2 Å². The summed E-state index contributed by atoms with van der Waals surface area (Å²) in [6, 6.07) is 2.37. The zero-order chi connectivity index (χ0) is 13.0. The zero-order valence-corrected chi connectivity index (χ0v) is 11.5. The molecule has 1 aromatic rings. The summed E-state index contributed by atoms with van der Waals surface area (Å²) in [5, 5.41) is 3.44. The molecule has 0 saturated heterocycles. The SMILES string of the molecule is COC(OC)C(C)NC(C)c1cc(C)oc1C. The normalized spacial score (nSPS) is 15.2. The molecule has 4 heteroatoms. The number of rotatable bonds is 6. The molecule has 0 aromatic carbocycles. The quantitative estimate of drug-likeness (QED) is 0.777. The molecule has 1 aromatic heterocycles. The smallest absolute Gasteiger partial charge is 0.171 e. The molecule has 0 bridgehead atoms. The predicted molar refractivity (Wildman–Crippen MR) is 67.0 cm³/mol. The predicted octanol–water partition coefficient (Wildman–Crippen LogP) is 2.55. The molecule has 98 valence electrons. The molecule has 4 nitrogen and oxygen atoms in total. The van der Waals surface area contributed by atoms with Gasteiger partial charge in [-0.25, -0.2) is 0 Å². The van der Waals surface area contributed by atoms with Crippen LogP contribution in [-0.2, 0) is 9.47 Å². The van der Waals surface area contributed by atoms with Gasteiger partial charge in [-0.15, -0.1) is 0 Å². The summed E-state index contributed by atoms with van der Waals surface area (Å²) in [6.07, 6.45) is -0.245. The van der Waals surface area contributed by atoms with Crippen molar-refractivity contribution in [1.29, 1.82) is 0 Å². The van der Waals surface area contributed by atoms with Gasteiger partial charge in [0.25, 0.3) is 0 Å². The lowest BCUT2D eigenvalue weighted by atomic mass is 10.1. The minimum atomic E-state index is -0.245. The first-order valence-electron chi connectivity index (χ1n) is 5.88. The maximum atomic E-state index is 5.53. The van der Waals surface area contributed by atoms with E-state index in [-0.39, 0.29) is 18.4 Å². The Hall–Kier alpha value is -0.840. The first-order valence-corrected chi connectivity index (χ1v) is 5.88. The lowest BCUT2D eigenvalue weighted by Gasteiger charge is -2.25.